The van der Waals surface area contributed by atoms with Crippen LogP contribution in [0, 0.1) is 13.8 Å². The largest absolute Gasteiger partial charge is 0.465 e. The average molecular weight is 376 g/mol. The number of benzene rings is 2. The standard InChI is InChI=1S/C18H20N2O5S/c1-12-7-8-16(13(2)9-12)26(23,24)19-11-17(21)20-15-6-4-5-14(10-15)18(22)25-3/h4-10,19H,11H2,1-3H3,(H,20,21). The van der Waals surface area contributed by atoms with Crippen LogP contribution >= 0.6 is 0 Å². The number of rotatable bonds is 6. The molecule has 2 N–H and O–H groups in total. The van der Waals surface area contributed by atoms with Gasteiger partial charge in [-0.3, -0.25) is 4.79 Å². The third kappa shape index (κ3) is 4.90. The highest BCUT2D eigenvalue weighted by Crippen LogP contribution is 2.16. The van der Waals surface area contributed by atoms with Gasteiger partial charge in [0, 0.05) is 5.69 Å². The highest BCUT2D eigenvalue weighted by atomic mass is 32.2. The van der Waals surface area contributed by atoms with Gasteiger partial charge in [0.05, 0.1) is 24.1 Å². The fourth-order valence-electron chi connectivity index (χ4n) is 2.39. The summed E-state index contributed by atoms with van der Waals surface area (Å²) < 4.78 is 31.6. The summed E-state index contributed by atoms with van der Waals surface area (Å²) >= 11 is 0. The van der Waals surface area contributed by atoms with Crippen LogP contribution in [0.4, 0.5) is 5.69 Å². The number of carbonyl (C=O) groups excluding carboxylic acids is 2. The topological polar surface area (TPSA) is 102 Å². The Bertz CT molecular complexity index is 938. The third-order valence-corrected chi connectivity index (χ3v) is 5.17. The molecule has 138 valence electrons. The summed E-state index contributed by atoms with van der Waals surface area (Å²) in [6.07, 6.45) is 0. The van der Waals surface area contributed by atoms with Crippen LogP contribution in [0.15, 0.2) is 47.4 Å². The van der Waals surface area contributed by atoms with Gasteiger partial charge in [-0.2, -0.15) is 0 Å². The second-order valence-corrected chi connectivity index (χ2v) is 7.45. The molecule has 0 heterocycles. The molecule has 0 bridgehead atoms. The van der Waals surface area contributed by atoms with Gasteiger partial charge in [0.15, 0.2) is 0 Å². The van der Waals surface area contributed by atoms with E-state index in [9.17, 15) is 18.0 Å². The number of hydrogen-bond donors (Lipinski definition) is 2. The van der Waals surface area contributed by atoms with Gasteiger partial charge < -0.3 is 10.1 Å². The Balaban J connectivity index is 2.03. The minimum Gasteiger partial charge on any atom is -0.465 e. The molecule has 1 amide bonds. The highest BCUT2D eigenvalue weighted by Gasteiger charge is 2.18. The van der Waals surface area contributed by atoms with Crippen molar-refractivity contribution in [2.75, 3.05) is 19.0 Å². The van der Waals surface area contributed by atoms with Gasteiger partial charge in [-0.05, 0) is 43.7 Å². The van der Waals surface area contributed by atoms with Crippen LogP contribution in [0.1, 0.15) is 21.5 Å². The van der Waals surface area contributed by atoms with E-state index >= 15 is 0 Å². The van der Waals surface area contributed by atoms with Gasteiger partial charge in [0.1, 0.15) is 0 Å². The first-order valence-electron chi connectivity index (χ1n) is 7.78. The van der Waals surface area contributed by atoms with Crippen molar-refractivity contribution in [2.24, 2.45) is 0 Å². The predicted octanol–water partition coefficient (Wildman–Crippen LogP) is 2.01. The number of hydrogen-bond acceptors (Lipinski definition) is 5. The molecule has 2 aromatic carbocycles. The Kier molecular flexibility index (Phi) is 6.12. The predicted molar refractivity (Wildman–Crippen MR) is 97.5 cm³/mol. The summed E-state index contributed by atoms with van der Waals surface area (Å²) in [4.78, 5) is 23.6. The van der Waals surface area contributed by atoms with Crippen molar-refractivity contribution < 1.29 is 22.7 Å². The maximum Gasteiger partial charge on any atom is 0.337 e. The Hall–Kier alpha value is -2.71. The summed E-state index contributed by atoms with van der Waals surface area (Å²) in [5, 5.41) is 2.54. The molecule has 0 atom stereocenters. The van der Waals surface area contributed by atoms with Gasteiger partial charge >= 0.3 is 5.97 Å². The van der Waals surface area contributed by atoms with Crippen molar-refractivity contribution in [3.05, 3.63) is 59.2 Å². The number of anilines is 1. The SMILES string of the molecule is COC(=O)c1cccc(NC(=O)CNS(=O)(=O)c2ccc(C)cc2C)c1. The van der Waals surface area contributed by atoms with Crippen LogP contribution in [0.25, 0.3) is 0 Å². The van der Waals surface area contributed by atoms with E-state index in [4.69, 9.17) is 0 Å². The molecule has 0 aliphatic carbocycles. The molecule has 0 saturated heterocycles. The molecule has 2 rings (SSSR count). The summed E-state index contributed by atoms with van der Waals surface area (Å²) in [5.74, 6) is -1.09. The van der Waals surface area contributed by atoms with Crippen LogP contribution in [-0.4, -0.2) is 33.9 Å². The number of amides is 1. The van der Waals surface area contributed by atoms with Crippen LogP contribution < -0.4 is 10.0 Å². The first kappa shape index (κ1) is 19.6. The first-order valence-corrected chi connectivity index (χ1v) is 9.26. The lowest BCUT2D eigenvalue weighted by molar-refractivity contribution is -0.115. The van der Waals surface area contributed by atoms with Crippen molar-refractivity contribution in [2.45, 2.75) is 18.7 Å². The first-order chi connectivity index (χ1) is 12.2. The third-order valence-electron chi connectivity index (χ3n) is 3.61. The van der Waals surface area contributed by atoms with E-state index in [1.165, 1.54) is 19.2 Å². The van der Waals surface area contributed by atoms with E-state index in [0.29, 0.717) is 11.3 Å². The van der Waals surface area contributed by atoms with Crippen LogP contribution in [0.2, 0.25) is 0 Å². The molecule has 0 radical (unpaired) electrons. The van der Waals surface area contributed by atoms with Crippen molar-refractivity contribution in [1.29, 1.82) is 0 Å². The molecule has 0 unspecified atom stereocenters. The lowest BCUT2D eigenvalue weighted by atomic mass is 10.2. The number of carbonyl (C=O) groups is 2. The number of nitrogens with one attached hydrogen (secondary N) is 2. The monoisotopic (exact) mass is 376 g/mol. The Morgan fingerprint density at radius 2 is 1.81 bits per heavy atom. The quantitative estimate of drug-likeness (QED) is 0.751. The zero-order chi connectivity index (χ0) is 19.3. The maximum absolute atomic E-state index is 12.4. The molecule has 0 aliphatic heterocycles. The maximum atomic E-state index is 12.4. The second kappa shape index (κ2) is 8.11. The molecular weight excluding hydrogens is 356 g/mol. The lowest BCUT2D eigenvalue weighted by Gasteiger charge is -2.10. The number of aryl methyl sites for hydroxylation is 2. The van der Waals surface area contributed by atoms with Crippen LogP contribution in [0.3, 0.4) is 0 Å². The van der Waals surface area contributed by atoms with Crippen LogP contribution in [-0.2, 0) is 19.6 Å². The summed E-state index contributed by atoms with van der Waals surface area (Å²) in [5.41, 5.74) is 2.19. The van der Waals surface area contributed by atoms with Crippen molar-refractivity contribution in [3.8, 4) is 0 Å². The zero-order valence-corrected chi connectivity index (χ0v) is 15.5. The highest BCUT2D eigenvalue weighted by molar-refractivity contribution is 7.89. The van der Waals surface area contributed by atoms with E-state index < -0.39 is 28.4 Å². The van der Waals surface area contributed by atoms with Gasteiger partial charge in [-0.25, -0.2) is 17.9 Å². The smallest absolute Gasteiger partial charge is 0.337 e. The van der Waals surface area contributed by atoms with Crippen LogP contribution in [0.5, 0.6) is 0 Å². The molecule has 7 nitrogen and oxygen atoms in total. The molecule has 0 fully saturated rings. The molecule has 0 aliphatic rings. The zero-order valence-electron chi connectivity index (χ0n) is 14.7. The fourth-order valence-corrected chi connectivity index (χ4v) is 3.59. The average Bonchev–Trinajstić information content (AvgIpc) is 2.59. The van der Waals surface area contributed by atoms with E-state index in [1.807, 2.05) is 6.92 Å². The molecule has 0 spiro atoms. The van der Waals surface area contributed by atoms with Gasteiger partial charge in [-0.1, -0.05) is 23.8 Å². The van der Waals surface area contributed by atoms with Crippen molar-refractivity contribution >= 4 is 27.6 Å². The minimum atomic E-state index is -3.81. The van der Waals surface area contributed by atoms with Crippen molar-refractivity contribution in [1.82, 2.24) is 4.72 Å². The molecular formula is C18H20N2O5S. The Labute approximate surface area is 152 Å². The van der Waals surface area contributed by atoms with E-state index in [1.54, 1.807) is 37.3 Å². The Morgan fingerprint density at radius 1 is 1.08 bits per heavy atom. The number of esters is 1. The molecule has 8 heteroatoms. The Morgan fingerprint density at radius 3 is 2.46 bits per heavy atom. The molecule has 0 aromatic heterocycles. The molecule has 26 heavy (non-hydrogen) atoms. The second-order valence-electron chi connectivity index (χ2n) is 5.71. The number of methoxy groups -OCH3 is 1. The van der Waals surface area contributed by atoms with Crippen molar-refractivity contribution in [3.63, 3.8) is 0 Å². The van der Waals surface area contributed by atoms with E-state index in [0.717, 1.165) is 5.56 Å². The normalized spacial score (nSPS) is 11.0. The fraction of sp³-hybridized carbons (Fsp3) is 0.222. The summed E-state index contributed by atoms with van der Waals surface area (Å²) in [7, 11) is -2.55. The summed E-state index contributed by atoms with van der Waals surface area (Å²) in [6, 6.07) is 11.1. The van der Waals surface area contributed by atoms with Gasteiger partial charge in [0.2, 0.25) is 15.9 Å². The summed E-state index contributed by atoms with van der Waals surface area (Å²) in [6.45, 7) is 3.13. The lowest BCUT2D eigenvalue weighted by Crippen LogP contribution is -2.33. The molecule has 2 aromatic rings. The number of sulfonamides is 1. The van der Waals surface area contributed by atoms with Gasteiger partial charge in [-0.15, -0.1) is 0 Å². The molecule has 0 saturated carbocycles. The van der Waals surface area contributed by atoms with E-state index in [-0.39, 0.29) is 10.5 Å². The van der Waals surface area contributed by atoms with Gasteiger partial charge in [0.25, 0.3) is 0 Å². The van der Waals surface area contributed by atoms with E-state index in [2.05, 4.69) is 14.8 Å². The minimum absolute atomic E-state index is 0.128. The number of ether oxygens (including phenoxy) is 1.